The van der Waals surface area contributed by atoms with Crippen molar-refractivity contribution in [3.63, 3.8) is 0 Å². The number of para-hydroxylation sites is 1. The number of ketones is 1. The van der Waals surface area contributed by atoms with Gasteiger partial charge < -0.3 is 9.84 Å². The highest BCUT2D eigenvalue weighted by molar-refractivity contribution is 5.92. The molecule has 0 radical (unpaired) electrons. The molecule has 0 bridgehead atoms. The minimum atomic E-state index is -1.04. The highest BCUT2D eigenvalue weighted by Gasteiger charge is 2.64. The summed E-state index contributed by atoms with van der Waals surface area (Å²) in [6, 6.07) is 9.64. The Hall–Kier alpha value is -2.13. The lowest BCUT2D eigenvalue weighted by Crippen LogP contribution is -2.53. The number of hydrogen-bond acceptors (Lipinski definition) is 3. The molecule has 31 heavy (non-hydrogen) atoms. The van der Waals surface area contributed by atoms with Crippen molar-refractivity contribution in [2.45, 2.75) is 64.9 Å². The van der Waals surface area contributed by atoms with Crippen LogP contribution in [0, 0.1) is 28.6 Å². The van der Waals surface area contributed by atoms with E-state index in [-0.39, 0.29) is 16.6 Å². The summed E-state index contributed by atoms with van der Waals surface area (Å²) in [4.78, 5) is 12.2. The number of carbonyl (C=O) groups excluding carboxylic acids is 1. The van der Waals surface area contributed by atoms with Gasteiger partial charge in [0.15, 0.2) is 5.78 Å². The normalized spacial score (nSPS) is 41.4. The van der Waals surface area contributed by atoms with Gasteiger partial charge in [-0.1, -0.05) is 62.8 Å². The summed E-state index contributed by atoms with van der Waals surface area (Å²) in [6.45, 7) is 11.1. The second kappa shape index (κ2) is 6.93. The van der Waals surface area contributed by atoms with Crippen molar-refractivity contribution in [3.8, 4) is 5.75 Å². The maximum Gasteiger partial charge on any atom is 0.155 e. The molecule has 0 heterocycles. The average molecular weight is 419 g/mol. The summed E-state index contributed by atoms with van der Waals surface area (Å²) in [7, 11) is 0. The number of ether oxygens (including phenoxy) is 1. The first kappa shape index (κ1) is 20.8. The molecule has 1 unspecified atom stereocenters. The van der Waals surface area contributed by atoms with Crippen molar-refractivity contribution < 1.29 is 14.6 Å². The van der Waals surface area contributed by atoms with Gasteiger partial charge in [0, 0.05) is 17.3 Å². The van der Waals surface area contributed by atoms with Crippen molar-refractivity contribution in [2.75, 3.05) is 0 Å². The van der Waals surface area contributed by atoms with Crippen molar-refractivity contribution >= 4 is 5.78 Å². The van der Waals surface area contributed by atoms with Crippen molar-refractivity contribution in [2.24, 2.45) is 28.6 Å². The molecule has 3 nitrogen and oxygen atoms in total. The van der Waals surface area contributed by atoms with E-state index in [0.717, 1.165) is 31.4 Å². The first-order chi connectivity index (χ1) is 14.7. The Morgan fingerprint density at radius 2 is 1.90 bits per heavy atom. The quantitative estimate of drug-likeness (QED) is 0.483. The van der Waals surface area contributed by atoms with E-state index in [4.69, 9.17) is 4.74 Å². The lowest BCUT2D eigenvalue weighted by molar-refractivity contribution is -0.116. The molecule has 4 aliphatic carbocycles. The Morgan fingerprint density at radius 1 is 1.16 bits per heavy atom. The van der Waals surface area contributed by atoms with Crippen LogP contribution in [0.3, 0.4) is 0 Å². The molecule has 0 aliphatic heterocycles. The van der Waals surface area contributed by atoms with Crippen LogP contribution in [0.2, 0.25) is 0 Å². The van der Waals surface area contributed by atoms with Gasteiger partial charge in [-0.25, -0.2) is 0 Å². The van der Waals surface area contributed by atoms with Gasteiger partial charge in [-0.3, -0.25) is 4.79 Å². The zero-order valence-corrected chi connectivity index (χ0v) is 19.0. The van der Waals surface area contributed by atoms with Gasteiger partial charge in [0.2, 0.25) is 0 Å². The SMILES string of the molecule is C=C(Oc1ccccc1)[C@@]1(O)CC[C@H]2[C@@H]3CC(C)C4=CC(=O)CC[C@]4(C)C3=CC[C@@]21C. The first-order valence-electron chi connectivity index (χ1n) is 11.8. The average Bonchev–Trinajstić information content (AvgIpc) is 3.02. The highest BCUT2D eigenvalue weighted by atomic mass is 16.5. The standard InChI is InChI=1S/C28H34O3/c1-18-16-22-23(26(3)13-10-20(29)17-25(18)26)11-14-27(4)24(22)12-15-28(27,30)19(2)31-21-8-6-5-7-9-21/h5-9,11,17-18,22,24,30H,2,10,12-16H2,1,3-4H3/t18?,22-,24+,26-,27+,28+/m1/s1. The van der Waals surface area contributed by atoms with Crippen molar-refractivity contribution in [1.82, 2.24) is 0 Å². The molecule has 0 amide bonds. The van der Waals surface area contributed by atoms with Gasteiger partial charge in [0.25, 0.3) is 0 Å². The van der Waals surface area contributed by atoms with E-state index >= 15 is 0 Å². The molecule has 0 saturated heterocycles. The minimum absolute atomic E-state index is 0.00414. The predicted octanol–water partition coefficient (Wildman–Crippen LogP) is 6.01. The number of fused-ring (bicyclic) bond motifs is 5. The van der Waals surface area contributed by atoms with E-state index < -0.39 is 5.60 Å². The third kappa shape index (κ3) is 2.85. The molecule has 1 aromatic carbocycles. The largest absolute Gasteiger partial charge is 0.459 e. The number of aliphatic hydroxyl groups is 1. The Kier molecular flexibility index (Phi) is 4.64. The Labute approximate surface area is 185 Å². The van der Waals surface area contributed by atoms with Crippen molar-refractivity contribution in [3.05, 3.63) is 66.0 Å². The fourth-order valence-corrected chi connectivity index (χ4v) is 7.46. The second-order valence-electron chi connectivity index (χ2n) is 10.8. The highest BCUT2D eigenvalue weighted by Crippen LogP contribution is 2.67. The molecule has 4 aliphatic rings. The molecule has 1 aromatic rings. The van der Waals surface area contributed by atoms with Crippen LogP contribution in [0.15, 0.2) is 66.0 Å². The van der Waals surface area contributed by atoms with E-state index in [0.29, 0.717) is 36.4 Å². The molecule has 6 atom stereocenters. The summed E-state index contributed by atoms with van der Waals surface area (Å²) in [5, 5.41) is 12.0. The summed E-state index contributed by atoms with van der Waals surface area (Å²) in [6.07, 6.45) is 9.45. The van der Waals surface area contributed by atoms with Crippen LogP contribution in [0.5, 0.6) is 5.75 Å². The molecule has 2 saturated carbocycles. The number of benzene rings is 1. The zero-order chi connectivity index (χ0) is 22.0. The molecule has 3 heteroatoms. The molecule has 2 fully saturated rings. The van der Waals surface area contributed by atoms with Gasteiger partial charge in [0.05, 0.1) is 0 Å². The predicted molar refractivity (Wildman–Crippen MR) is 122 cm³/mol. The topological polar surface area (TPSA) is 46.5 Å². The van der Waals surface area contributed by atoms with Gasteiger partial charge in [-0.05, 0) is 68.1 Å². The Balaban J connectivity index is 1.49. The van der Waals surface area contributed by atoms with Gasteiger partial charge in [-0.15, -0.1) is 0 Å². The molecular formula is C28H34O3. The molecule has 0 spiro atoms. The first-order valence-corrected chi connectivity index (χ1v) is 11.8. The smallest absolute Gasteiger partial charge is 0.155 e. The molecule has 1 N–H and O–H groups in total. The summed E-state index contributed by atoms with van der Waals surface area (Å²) >= 11 is 0. The summed E-state index contributed by atoms with van der Waals surface area (Å²) in [5.74, 6) is 2.72. The summed E-state index contributed by atoms with van der Waals surface area (Å²) < 4.78 is 6.08. The van der Waals surface area contributed by atoms with Crippen LogP contribution in [-0.2, 0) is 4.79 Å². The fraction of sp³-hybridized carbons (Fsp3) is 0.536. The number of carbonyl (C=O) groups is 1. The van der Waals surface area contributed by atoms with E-state index in [2.05, 4.69) is 33.4 Å². The third-order valence-electron chi connectivity index (χ3n) is 9.26. The van der Waals surface area contributed by atoms with Gasteiger partial charge >= 0.3 is 0 Å². The monoisotopic (exact) mass is 418 g/mol. The van der Waals surface area contributed by atoms with E-state index in [9.17, 15) is 9.90 Å². The van der Waals surface area contributed by atoms with Gasteiger partial charge in [-0.2, -0.15) is 0 Å². The fourth-order valence-electron chi connectivity index (χ4n) is 7.46. The van der Waals surface area contributed by atoms with Crippen LogP contribution >= 0.6 is 0 Å². The maximum absolute atomic E-state index is 12.2. The lowest BCUT2D eigenvalue weighted by atomic mass is 9.49. The molecule has 164 valence electrons. The molecule has 0 aromatic heterocycles. The minimum Gasteiger partial charge on any atom is -0.459 e. The third-order valence-corrected chi connectivity index (χ3v) is 9.26. The van der Waals surface area contributed by atoms with Crippen molar-refractivity contribution in [1.29, 1.82) is 0 Å². The van der Waals surface area contributed by atoms with Gasteiger partial charge in [0.1, 0.15) is 17.1 Å². The second-order valence-corrected chi connectivity index (χ2v) is 10.8. The molecule has 5 rings (SSSR count). The van der Waals surface area contributed by atoms with E-state index in [1.165, 1.54) is 11.1 Å². The maximum atomic E-state index is 12.2. The van der Waals surface area contributed by atoms with Crippen LogP contribution < -0.4 is 4.74 Å². The van der Waals surface area contributed by atoms with Crippen LogP contribution in [0.25, 0.3) is 0 Å². The van der Waals surface area contributed by atoms with E-state index in [1.54, 1.807) is 0 Å². The molecular weight excluding hydrogens is 384 g/mol. The lowest BCUT2D eigenvalue weighted by Gasteiger charge is -2.56. The Morgan fingerprint density at radius 3 is 2.65 bits per heavy atom. The zero-order valence-electron chi connectivity index (χ0n) is 19.0. The van der Waals surface area contributed by atoms with Crippen LogP contribution in [0.1, 0.15) is 59.3 Å². The number of allylic oxidation sites excluding steroid dienone is 4. The number of hydrogen-bond donors (Lipinski definition) is 1. The Bertz CT molecular complexity index is 989. The van der Waals surface area contributed by atoms with E-state index in [1.807, 2.05) is 36.4 Å². The van der Waals surface area contributed by atoms with Crippen LogP contribution in [0.4, 0.5) is 0 Å². The van der Waals surface area contributed by atoms with Crippen LogP contribution in [-0.4, -0.2) is 16.5 Å². The summed E-state index contributed by atoms with van der Waals surface area (Å²) in [5.41, 5.74) is 1.51. The number of rotatable bonds is 3.